The number of ether oxygens (including phenoxy) is 2. The van der Waals surface area contributed by atoms with Gasteiger partial charge >= 0.3 is 0 Å². The number of methoxy groups -OCH3 is 1. The number of aliphatic carboxylic acids is 1. The zero-order valence-corrected chi connectivity index (χ0v) is 13.7. The molecule has 1 rings (SSSR count). The van der Waals surface area contributed by atoms with Crippen LogP contribution in [-0.2, 0) is 13.8 Å². The highest BCUT2D eigenvalue weighted by Crippen LogP contribution is 2.56. The van der Waals surface area contributed by atoms with Crippen LogP contribution in [0.25, 0.3) is 0 Å². The predicted molar refractivity (Wildman–Crippen MR) is 77.5 cm³/mol. The van der Waals surface area contributed by atoms with E-state index in [9.17, 15) is 14.8 Å². The van der Waals surface area contributed by atoms with Crippen LogP contribution in [-0.4, -0.2) is 38.6 Å². The van der Waals surface area contributed by atoms with Crippen molar-refractivity contribution in [2.75, 3.05) is 26.9 Å². The number of carboxylic acid groups (broad SMARTS) is 1. The third-order valence-corrected chi connectivity index (χ3v) is 5.10. The smallest absolute Gasteiger partial charge is 0.249 e. The van der Waals surface area contributed by atoms with E-state index in [0.717, 1.165) is 0 Å². The molecule has 0 amide bonds. The molecule has 0 aromatic heterocycles. The molecule has 0 aliphatic rings. The minimum Gasteiger partial charge on any atom is -0.631 e. The average molecular weight is 331 g/mol. The summed E-state index contributed by atoms with van der Waals surface area (Å²) in [5.74, 6) is -0.497. The van der Waals surface area contributed by atoms with Crippen molar-refractivity contribution in [3.8, 4) is 11.5 Å². The lowest BCUT2D eigenvalue weighted by Crippen LogP contribution is -2.45. The summed E-state index contributed by atoms with van der Waals surface area (Å²) < 4.78 is 20.4. The minimum atomic E-state index is -3.85. The molecule has 0 spiro atoms. The summed E-state index contributed by atoms with van der Waals surface area (Å²) in [7, 11) is -2.32. The van der Waals surface area contributed by atoms with Crippen LogP contribution < -0.4 is 19.5 Å². The lowest BCUT2D eigenvalue weighted by atomic mass is 10.3. The monoisotopic (exact) mass is 331 g/mol. The molecule has 0 aliphatic heterocycles. The summed E-state index contributed by atoms with van der Waals surface area (Å²) in [4.78, 5) is 23.8. The van der Waals surface area contributed by atoms with Crippen molar-refractivity contribution in [1.82, 2.24) is 0 Å². The van der Waals surface area contributed by atoms with Gasteiger partial charge in [0.2, 0.25) is 7.94 Å². The van der Waals surface area contributed by atoms with Gasteiger partial charge in [0.05, 0.1) is 26.3 Å². The molecule has 1 unspecified atom stereocenters. The number of carbonyl (C=O) groups excluding carboxylic acids is 1. The fraction of sp³-hybridized carbons (Fsp3) is 0.500. The Morgan fingerprint density at radius 2 is 1.64 bits per heavy atom. The Kier molecular flexibility index (Phi) is 7.55. The lowest BCUT2D eigenvalue weighted by Gasteiger charge is -2.33. The van der Waals surface area contributed by atoms with Crippen molar-refractivity contribution in [2.45, 2.75) is 19.5 Å². The summed E-state index contributed by atoms with van der Waals surface area (Å²) in [6.07, 6.45) is 0. The molecule has 0 aliphatic carbocycles. The van der Waals surface area contributed by atoms with Crippen LogP contribution in [0.3, 0.4) is 0 Å². The second-order valence-electron chi connectivity index (χ2n) is 4.20. The van der Waals surface area contributed by atoms with Gasteiger partial charge in [-0.2, -0.15) is 0 Å². The molecule has 0 fully saturated rings. The van der Waals surface area contributed by atoms with E-state index in [0.29, 0.717) is 11.5 Å². The highest BCUT2D eigenvalue weighted by atomic mass is 31.2. The summed E-state index contributed by atoms with van der Waals surface area (Å²) in [5.41, 5.74) is -1.51. The first-order valence-electron chi connectivity index (χ1n) is 6.83. The molecule has 7 nitrogen and oxygen atoms in total. The lowest BCUT2D eigenvalue weighted by molar-refractivity contribution is -0.308. The largest absolute Gasteiger partial charge is 0.631 e. The first-order chi connectivity index (χ1) is 10.5. The molecule has 1 atom stereocenters. The maximum atomic E-state index is 12.5. The van der Waals surface area contributed by atoms with Gasteiger partial charge in [-0.05, 0) is 38.1 Å². The maximum Gasteiger partial charge on any atom is 0.249 e. The minimum absolute atomic E-state index is 0.0591. The first-order valence-corrected chi connectivity index (χ1v) is 8.44. The second kappa shape index (κ2) is 8.90. The number of carbonyl (C=O) groups is 1. The highest BCUT2D eigenvalue weighted by Gasteiger charge is 2.42. The van der Waals surface area contributed by atoms with E-state index in [4.69, 9.17) is 18.5 Å². The van der Waals surface area contributed by atoms with Crippen LogP contribution in [0.4, 0.5) is 0 Å². The van der Waals surface area contributed by atoms with Gasteiger partial charge in [0, 0.05) is 0 Å². The molecule has 0 saturated carbocycles. The zero-order chi connectivity index (χ0) is 16.6. The number of hydrogen-bond acceptors (Lipinski definition) is 7. The SMILES string of the molecule is CCO[P+]([O-])(OCC)C(COc1ccc(OC)cc1)C(=O)[O-]. The Hall–Kier alpha value is -1.40. The molecule has 0 saturated heterocycles. The van der Waals surface area contributed by atoms with Gasteiger partial charge in [0.1, 0.15) is 18.1 Å². The normalized spacial score (nSPS) is 12.7. The third kappa shape index (κ3) is 5.10. The Balaban J connectivity index is 2.79. The van der Waals surface area contributed by atoms with Gasteiger partial charge in [-0.15, -0.1) is 0 Å². The molecule has 0 radical (unpaired) electrons. The Morgan fingerprint density at radius 1 is 1.14 bits per heavy atom. The second-order valence-corrected chi connectivity index (χ2v) is 6.42. The topological polar surface area (TPSA) is 100 Å². The molecule has 8 heteroatoms. The van der Waals surface area contributed by atoms with E-state index in [-0.39, 0.29) is 19.8 Å². The summed E-state index contributed by atoms with van der Waals surface area (Å²) >= 11 is 0. The van der Waals surface area contributed by atoms with E-state index in [2.05, 4.69) is 0 Å². The molecule has 1 aromatic carbocycles. The molecule has 22 heavy (non-hydrogen) atoms. The summed E-state index contributed by atoms with van der Waals surface area (Å²) in [6.45, 7) is 2.93. The molecule has 0 N–H and O–H groups in total. The van der Waals surface area contributed by atoms with Gasteiger partial charge in [-0.1, -0.05) is 0 Å². The average Bonchev–Trinajstić information content (AvgIpc) is 2.48. The molecular weight excluding hydrogens is 311 g/mol. The van der Waals surface area contributed by atoms with Gasteiger partial charge in [-0.3, -0.25) is 0 Å². The molecule has 124 valence electrons. The van der Waals surface area contributed by atoms with Crippen LogP contribution in [0, 0.1) is 0 Å². The van der Waals surface area contributed by atoms with Crippen molar-refractivity contribution >= 4 is 13.9 Å². The van der Waals surface area contributed by atoms with E-state index in [1.54, 1.807) is 38.1 Å². The van der Waals surface area contributed by atoms with Crippen LogP contribution in [0.15, 0.2) is 24.3 Å². The van der Waals surface area contributed by atoms with Crippen LogP contribution in [0.2, 0.25) is 0 Å². The number of rotatable bonds is 10. The Morgan fingerprint density at radius 3 is 2.05 bits per heavy atom. The van der Waals surface area contributed by atoms with Gasteiger partial charge in [0.25, 0.3) is 0 Å². The van der Waals surface area contributed by atoms with Crippen LogP contribution >= 0.6 is 7.94 Å². The van der Waals surface area contributed by atoms with E-state index >= 15 is 0 Å². The first kappa shape index (κ1) is 18.6. The fourth-order valence-corrected chi connectivity index (χ4v) is 3.38. The standard InChI is InChI=1S/C14H21O7P/c1-4-20-22(17,21-5-2)13(14(15)16)10-19-12-8-6-11(18-3)7-9-12/h6-9,13H,4-5,10H2,1-3H3,(H,15,16)/p-1. The van der Waals surface area contributed by atoms with Crippen LogP contribution in [0.1, 0.15) is 13.8 Å². The van der Waals surface area contributed by atoms with E-state index < -0.39 is 19.6 Å². The third-order valence-electron chi connectivity index (χ3n) is 2.74. The maximum absolute atomic E-state index is 12.5. The zero-order valence-electron chi connectivity index (χ0n) is 12.8. The van der Waals surface area contributed by atoms with Gasteiger partial charge in [-0.25, -0.2) is 9.05 Å². The van der Waals surface area contributed by atoms with Crippen molar-refractivity contribution in [3.63, 3.8) is 0 Å². The van der Waals surface area contributed by atoms with E-state index in [1.807, 2.05) is 0 Å². The Labute approximate surface area is 130 Å². The quantitative estimate of drug-likeness (QED) is 0.572. The van der Waals surface area contributed by atoms with E-state index in [1.165, 1.54) is 7.11 Å². The van der Waals surface area contributed by atoms with Crippen LogP contribution in [0.5, 0.6) is 11.5 Å². The highest BCUT2D eigenvalue weighted by molar-refractivity contribution is 7.61. The van der Waals surface area contributed by atoms with Crippen molar-refractivity contribution in [1.29, 1.82) is 0 Å². The summed E-state index contributed by atoms with van der Waals surface area (Å²) in [5, 5.41) is 11.3. The fourth-order valence-electron chi connectivity index (χ4n) is 1.71. The predicted octanol–water partition coefficient (Wildman–Crippen LogP) is 0.388. The molecule has 0 bridgehead atoms. The molecule has 1 aromatic rings. The summed E-state index contributed by atoms with van der Waals surface area (Å²) in [6, 6.07) is 6.54. The molecular formula is C14H20O7P-. The Bertz CT molecular complexity index is 457. The van der Waals surface area contributed by atoms with Crippen molar-refractivity contribution in [3.05, 3.63) is 24.3 Å². The van der Waals surface area contributed by atoms with Gasteiger partial charge in [0.15, 0.2) is 5.66 Å². The van der Waals surface area contributed by atoms with Crippen molar-refractivity contribution < 1.29 is 33.3 Å². The number of hydrogen-bond donors (Lipinski definition) is 0. The van der Waals surface area contributed by atoms with Crippen molar-refractivity contribution in [2.24, 2.45) is 0 Å². The number of carboxylic acids is 1. The number of benzene rings is 1. The van der Waals surface area contributed by atoms with Gasteiger partial charge < -0.3 is 24.3 Å². The molecule has 0 heterocycles.